The zero-order chi connectivity index (χ0) is 35.5. The zero-order valence-corrected chi connectivity index (χ0v) is 30.5. The number of nitrogens with one attached hydrogen (secondary N) is 1. The first-order chi connectivity index (χ1) is 24.8. The molecule has 2 aliphatic heterocycles. The number of rotatable bonds is 12. The Morgan fingerprint density at radius 2 is 1.69 bits per heavy atom. The minimum Gasteiger partial charge on any atom is -0.493 e. The second kappa shape index (κ2) is 14.9. The Kier molecular flexibility index (Phi) is 10.2. The van der Waals surface area contributed by atoms with E-state index in [9.17, 15) is 4.79 Å². The van der Waals surface area contributed by atoms with Crippen LogP contribution in [0.25, 0.3) is 11.0 Å². The van der Waals surface area contributed by atoms with Gasteiger partial charge in [0.15, 0.2) is 11.5 Å². The van der Waals surface area contributed by atoms with Crippen molar-refractivity contribution in [2.24, 2.45) is 0 Å². The lowest BCUT2D eigenvalue weighted by Gasteiger charge is -2.36. The molecule has 7 rings (SSSR count). The highest BCUT2D eigenvalue weighted by molar-refractivity contribution is 6.30. The number of amides is 1. The third-order valence-electron chi connectivity index (χ3n) is 10.6. The largest absolute Gasteiger partial charge is 0.493 e. The molecule has 0 radical (unpaired) electrons. The third-order valence-corrected chi connectivity index (χ3v) is 10.9. The van der Waals surface area contributed by atoms with E-state index in [1.807, 2.05) is 42.2 Å². The lowest BCUT2D eigenvalue weighted by Crippen LogP contribution is -2.42. The molecule has 11 heteroatoms. The second-order valence-electron chi connectivity index (χ2n) is 13.7. The number of likely N-dealkylation sites (tertiary alicyclic amines) is 2. The number of furan rings is 1. The van der Waals surface area contributed by atoms with Crippen molar-refractivity contribution in [1.82, 2.24) is 19.4 Å². The van der Waals surface area contributed by atoms with E-state index in [-0.39, 0.29) is 11.3 Å². The van der Waals surface area contributed by atoms with Gasteiger partial charge in [-0.2, -0.15) is 0 Å². The Morgan fingerprint density at radius 1 is 0.961 bits per heavy atom. The highest BCUT2D eigenvalue weighted by atomic mass is 35.5. The molecule has 1 unspecified atom stereocenters. The Labute approximate surface area is 304 Å². The Bertz CT molecular complexity index is 1960. The maximum absolute atomic E-state index is 14.0. The van der Waals surface area contributed by atoms with E-state index in [0.29, 0.717) is 53.5 Å². The van der Waals surface area contributed by atoms with Gasteiger partial charge in [0.25, 0.3) is 5.91 Å². The summed E-state index contributed by atoms with van der Waals surface area (Å²) in [6.07, 6.45) is 3.84. The number of benzene rings is 3. The van der Waals surface area contributed by atoms with Crippen LogP contribution in [-0.4, -0.2) is 85.4 Å². The van der Waals surface area contributed by atoms with Gasteiger partial charge in [0.2, 0.25) is 11.7 Å². The summed E-state index contributed by atoms with van der Waals surface area (Å²) in [7, 11) is 4.68. The molecule has 2 aromatic heterocycles. The van der Waals surface area contributed by atoms with Gasteiger partial charge in [-0.3, -0.25) is 4.79 Å². The molecule has 51 heavy (non-hydrogen) atoms. The van der Waals surface area contributed by atoms with E-state index in [1.54, 1.807) is 33.5 Å². The number of carbonyl (C=O) groups excluding carboxylic acids is 1. The first kappa shape index (κ1) is 34.8. The maximum atomic E-state index is 14.0. The van der Waals surface area contributed by atoms with Gasteiger partial charge in [0.05, 0.1) is 38.9 Å². The van der Waals surface area contributed by atoms with Crippen molar-refractivity contribution in [1.29, 1.82) is 0 Å². The molecule has 1 amide bonds. The number of anilines is 1. The molecule has 10 nitrogen and oxygen atoms in total. The predicted octanol–water partition coefficient (Wildman–Crippen LogP) is 7.42. The number of imidazole rings is 1. The summed E-state index contributed by atoms with van der Waals surface area (Å²) in [5, 5.41) is 4.49. The van der Waals surface area contributed by atoms with Crippen molar-refractivity contribution in [2.45, 2.75) is 50.6 Å². The molecular formula is C40H46ClN5O5. The number of methoxy groups -OCH3 is 3. The number of fused-ring (bicyclic) bond motifs is 1. The molecule has 2 fully saturated rings. The molecule has 268 valence electrons. The molecule has 1 N–H and O–H groups in total. The molecule has 0 spiro atoms. The minimum atomic E-state index is -0.189. The van der Waals surface area contributed by atoms with Gasteiger partial charge in [-0.05, 0) is 93.2 Å². The summed E-state index contributed by atoms with van der Waals surface area (Å²) < 4.78 is 24.7. The van der Waals surface area contributed by atoms with Crippen molar-refractivity contribution in [2.75, 3.05) is 59.4 Å². The molecule has 0 saturated carbocycles. The second-order valence-corrected chi connectivity index (χ2v) is 14.1. The summed E-state index contributed by atoms with van der Waals surface area (Å²) in [6.45, 7) is 6.79. The lowest BCUT2D eigenvalue weighted by atomic mass is 9.76. The third kappa shape index (κ3) is 7.25. The van der Waals surface area contributed by atoms with Crippen molar-refractivity contribution >= 4 is 34.5 Å². The highest BCUT2D eigenvalue weighted by Crippen LogP contribution is 2.42. The predicted molar refractivity (Wildman–Crippen MR) is 200 cm³/mol. The number of aryl methyl sites for hydroxylation is 1. The molecule has 3 aromatic carbocycles. The van der Waals surface area contributed by atoms with Crippen LogP contribution in [0.4, 0.5) is 5.95 Å². The van der Waals surface area contributed by atoms with Crippen molar-refractivity contribution in [3.8, 4) is 17.2 Å². The monoisotopic (exact) mass is 711 g/mol. The summed E-state index contributed by atoms with van der Waals surface area (Å²) in [6, 6.07) is 24.3. The SMILES string of the molecule is COc1cc(C(=O)N2CCC(CCN3CCC(Nc4nc5ccccc5n4Cc4ccc(C)o4)CC3)(c3ccc(Cl)cc3)C2)cc(OC)c1OC. The van der Waals surface area contributed by atoms with Crippen LogP contribution in [0.1, 0.15) is 53.1 Å². The number of halogens is 1. The number of hydrogen-bond donors (Lipinski definition) is 1. The van der Waals surface area contributed by atoms with Gasteiger partial charge < -0.3 is 38.3 Å². The number of carbonyl (C=O) groups is 1. The van der Waals surface area contributed by atoms with Crippen LogP contribution < -0.4 is 19.5 Å². The average Bonchev–Trinajstić information content (AvgIpc) is 3.88. The van der Waals surface area contributed by atoms with Crippen LogP contribution in [0.5, 0.6) is 17.2 Å². The summed E-state index contributed by atoms with van der Waals surface area (Å²) in [4.78, 5) is 23.5. The normalized spacial score (nSPS) is 18.3. The van der Waals surface area contributed by atoms with Gasteiger partial charge in [-0.1, -0.05) is 35.9 Å². The van der Waals surface area contributed by atoms with Crippen molar-refractivity contribution < 1.29 is 23.4 Å². The van der Waals surface area contributed by atoms with Gasteiger partial charge in [0, 0.05) is 48.2 Å². The molecule has 1 atom stereocenters. The average molecular weight is 712 g/mol. The zero-order valence-electron chi connectivity index (χ0n) is 29.8. The number of para-hydroxylation sites is 2. The van der Waals surface area contributed by atoms with E-state index in [0.717, 1.165) is 73.8 Å². The van der Waals surface area contributed by atoms with Gasteiger partial charge in [-0.25, -0.2) is 4.98 Å². The topological polar surface area (TPSA) is 94.2 Å². The fourth-order valence-corrected chi connectivity index (χ4v) is 7.87. The lowest BCUT2D eigenvalue weighted by molar-refractivity contribution is 0.0779. The minimum absolute atomic E-state index is 0.0508. The molecular weight excluding hydrogens is 666 g/mol. The van der Waals surface area contributed by atoms with Crippen LogP contribution in [0.3, 0.4) is 0 Å². The first-order valence-corrected chi connectivity index (χ1v) is 18.0. The summed E-state index contributed by atoms with van der Waals surface area (Å²) in [5.74, 6) is 4.05. The Morgan fingerprint density at radius 3 is 2.35 bits per heavy atom. The van der Waals surface area contributed by atoms with Crippen molar-refractivity contribution in [3.63, 3.8) is 0 Å². The van der Waals surface area contributed by atoms with Crippen LogP contribution in [0.15, 0.2) is 77.2 Å². The first-order valence-electron chi connectivity index (χ1n) is 17.6. The fourth-order valence-electron chi connectivity index (χ4n) is 7.75. The van der Waals surface area contributed by atoms with E-state index in [1.165, 1.54) is 5.56 Å². The van der Waals surface area contributed by atoms with E-state index < -0.39 is 0 Å². The Balaban J connectivity index is 1.02. The van der Waals surface area contributed by atoms with Gasteiger partial charge in [0.1, 0.15) is 11.5 Å². The number of aromatic nitrogens is 2. The van der Waals surface area contributed by atoms with E-state index >= 15 is 0 Å². The standard InChI is InChI=1S/C40H46ClN5O5/c1-27-9-14-32(51-27)25-46-34-8-6-5-7-33(34)43-39(46)42-31-15-19-44(20-16-31)21-17-40(29-10-12-30(41)13-11-29)18-22-45(26-40)38(47)28-23-35(48-2)37(50-4)36(24-28)49-3/h5-14,23-24,31H,15-22,25-26H2,1-4H3,(H,42,43). The van der Waals surface area contributed by atoms with Gasteiger partial charge in [-0.15, -0.1) is 0 Å². The van der Waals surface area contributed by atoms with Gasteiger partial charge >= 0.3 is 0 Å². The molecule has 2 aliphatic rings. The summed E-state index contributed by atoms with van der Waals surface area (Å²) in [5.41, 5.74) is 3.61. The summed E-state index contributed by atoms with van der Waals surface area (Å²) >= 11 is 6.33. The van der Waals surface area contributed by atoms with Crippen LogP contribution in [0.2, 0.25) is 5.02 Å². The number of nitrogens with zero attached hydrogens (tertiary/aromatic N) is 4. The fraction of sp³-hybridized carbons (Fsp3) is 0.400. The van der Waals surface area contributed by atoms with Crippen molar-refractivity contribution in [3.05, 3.63) is 100 Å². The molecule has 0 aliphatic carbocycles. The molecule has 5 aromatic rings. The quantitative estimate of drug-likeness (QED) is 0.143. The number of hydrogen-bond acceptors (Lipinski definition) is 8. The molecule has 2 saturated heterocycles. The smallest absolute Gasteiger partial charge is 0.254 e. The van der Waals surface area contributed by atoms with Crippen LogP contribution >= 0.6 is 11.6 Å². The molecule has 0 bridgehead atoms. The van der Waals surface area contributed by atoms with Crippen LogP contribution in [-0.2, 0) is 12.0 Å². The number of piperidine rings is 1. The maximum Gasteiger partial charge on any atom is 0.254 e. The van der Waals surface area contributed by atoms with E-state index in [4.69, 9.17) is 35.2 Å². The Hall–Kier alpha value is -4.67. The van der Waals surface area contributed by atoms with E-state index in [2.05, 4.69) is 45.1 Å². The van der Waals surface area contributed by atoms with Crippen LogP contribution in [0, 0.1) is 6.92 Å². The number of ether oxygens (including phenoxy) is 3. The highest BCUT2D eigenvalue weighted by Gasteiger charge is 2.42. The molecule has 4 heterocycles.